The number of methoxy groups -OCH3 is 1. The Morgan fingerprint density at radius 2 is 1.79 bits per heavy atom. The van der Waals surface area contributed by atoms with E-state index >= 15 is 0 Å². The van der Waals surface area contributed by atoms with Crippen LogP contribution in [-0.2, 0) is 13.0 Å². The van der Waals surface area contributed by atoms with Crippen molar-refractivity contribution in [2.75, 3.05) is 7.11 Å². The summed E-state index contributed by atoms with van der Waals surface area (Å²) in [4.78, 5) is 20.0. The van der Waals surface area contributed by atoms with Gasteiger partial charge in [0.2, 0.25) is 0 Å². The fraction of sp³-hybridized carbons (Fsp3) is 0.143. The number of fused-ring (bicyclic) bond motifs is 3. The zero-order chi connectivity index (χ0) is 29.5. The Morgan fingerprint density at radius 3 is 2.65 bits per heavy atom. The molecule has 0 spiro atoms. The summed E-state index contributed by atoms with van der Waals surface area (Å²) in [5.41, 5.74) is 7.51. The summed E-state index contributed by atoms with van der Waals surface area (Å²) in [6.07, 6.45) is 3.72. The Labute approximate surface area is 280 Å². The van der Waals surface area contributed by atoms with E-state index < -0.39 is 0 Å². The average Bonchev–Trinajstić information content (AvgIpc) is 3.33. The number of para-hydroxylation sites is 1. The fourth-order valence-corrected chi connectivity index (χ4v) is 8.63. The highest BCUT2D eigenvalue weighted by molar-refractivity contribution is 14.1. The minimum absolute atomic E-state index is 0.0415. The summed E-state index contributed by atoms with van der Waals surface area (Å²) in [7, 11) is 1.68. The van der Waals surface area contributed by atoms with E-state index in [0.29, 0.717) is 15.9 Å². The summed E-state index contributed by atoms with van der Waals surface area (Å²) < 4.78 is 16.7. The van der Waals surface area contributed by atoms with E-state index in [-0.39, 0.29) is 11.6 Å². The van der Waals surface area contributed by atoms with Crippen LogP contribution in [0.5, 0.6) is 11.5 Å². The second kappa shape index (κ2) is 12.0. The summed E-state index contributed by atoms with van der Waals surface area (Å²) in [6.45, 7) is 0.444. The van der Waals surface area contributed by atoms with Crippen molar-refractivity contribution in [1.29, 1.82) is 0 Å². The quantitative estimate of drug-likeness (QED) is 0.172. The first-order chi connectivity index (χ1) is 21.0. The molecule has 0 unspecified atom stereocenters. The van der Waals surface area contributed by atoms with Crippen LogP contribution >= 0.6 is 56.5 Å². The molecule has 1 aliphatic heterocycles. The maximum absolute atomic E-state index is 14.2. The number of ether oxygens (including phenoxy) is 2. The lowest BCUT2D eigenvalue weighted by Gasteiger charge is -2.31. The molecular formula is C35H26I2N2O3S. The van der Waals surface area contributed by atoms with Gasteiger partial charge in [0.15, 0.2) is 4.80 Å². The molecule has 1 aliphatic carbocycles. The van der Waals surface area contributed by atoms with E-state index in [4.69, 9.17) is 14.5 Å². The number of aromatic nitrogens is 1. The Morgan fingerprint density at radius 1 is 0.953 bits per heavy atom. The van der Waals surface area contributed by atoms with Gasteiger partial charge < -0.3 is 9.47 Å². The second-order valence-corrected chi connectivity index (χ2v) is 13.9. The van der Waals surface area contributed by atoms with Gasteiger partial charge in [0.1, 0.15) is 18.1 Å². The molecule has 0 amide bonds. The monoisotopic (exact) mass is 808 g/mol. The molecule has 43 heavy (non-hydrogen) atoms. The summed E-state index contributed by atoms with van der Waals surface area (Å²) in [6, 6.07) is 30.5. The average molecular weight is 808 g/mol. The Balaban J connectivity index is 1.32. The molecule has 8 heteroatoms. The van der Waals surface area contributed by atoms with Crippen LogP contribution in [0.1, 0.15) is 40.3 Å². The molecule has 0 saturated carbocycles. The highest BCUT2D eigenvalue weighted by Gasteiger charge is 2.33. The number of nitrogens with zero attached hydrogens (tertiary/aromatic N) is 2. The predicted octanol–water partition coefficient (Wildman–Crippen LogP) is 7.12. The normalized spacial score (nSPS) is 15.8. The molecule has 0 saturated heterocycles. The third-order valence-electron chi connectivity index (χ3n) is 7.84. The molecule has 2 aliphatic rings. The molecule has 4 aromatic carbocycles. The van der Waals surface area contributed by atoms with Crippen LogP contribution in [0.15, 0.2) is 106 Å². The summed E-state index contributed by atoms with van der Waals surface area (Å²) in [5, 5.41) is 0. The number of halogens is 2. The number of thiazole rings is 1. The van der Waals surface area contributed by atoms with Crippen molar-refractivity contribution in [1.82, 2.24) is 4.57 Å². The summed E-state index contributed by atoms with van der Waals surface area (Å²) >= 11 is 6.05. The molecule has 1 atom stereocenters. The standard InChI is InChI=1S/C35H26I2N2O3S/c1-41-29-12-5-4-11-26(29)33-27-15-13-23-9-2-3-10-25(23)32(27)38-35-39(33)34(40)31(43-35)18-21-7-6-8-22(17-21)20-42-30-16-14-24(36)19-28(30)37/h2-12,14,16-19,33H,13,15,20H2,1H3/b31-18+/t33-/m0/s1. The number of rotatable bonds is 6. The first-order valence-electron chi connectivity index (χ1n) is 13.9. The van der Waals surface area contributed by atoms with Gasteiger partial charge in [0, 0.05) is 14.7 Å². The van der Waals surface area contributed by atoms with Crippen molar-refractivity contribution in [3.8, 4) is 11.5 Å². The number of hydrogen-bond donors (Lipinski definition) is 0. The molecule has 7 rings (SSSR count). The smallest absolute Gasteiger partial charge is 0.271 e. The van der Waals surface area contributed by atoms with Crippen LogP contribution < -0.4 is 24.4 Å². The maximum atomic E-state index is 14.2. The molecule has 214 valence electrons. The van der Waals surface area contributed by atoms with Gasteiger partial charge >= 0.3 is 0 Å². The Bertz CT molecular complexity index is 2100. The fourth-order valence-electron chi connectivity index (χ4n) is 5.87. The number of aryl methyl sites for hydroxylation is 1. The van der Waals surface area contributed by atoms with Crippen LogP contribution in [0, 0.1) is 7.14 Å². The number of hydrogen-bond acceptors (Lipinski definition) is 5. The van der Waals surface area contributed by atoms with Gasteiger partial charge in [-0.1, -0.05) is 72.0 Å². The highest BCUT2D eigenvalue weighted by atomic mass is 127. The van der Waals surface area contributed by atoms with Gasteiger partial charge in [0.05, 0.1) is 27.0 Å². The first kappa shape index (κ1) is 28.5. The Hall–Kier alpha value is -3.22. The minimum Gasteiger partial charge on any atom is -0.496 e. The summed E-state index contributed by atoms with van der Waals surface area (Å²) in [5.74, 6) is 1.63. The molecule has 2 heterocycles. The second-order valence-electron chi connectivity index (χ2n) is 10.5. The first-order valence-corrected chi connectivity index (χ1v) is 16.9. The van der Waals surface area contributed by atoms with E-state index in [2.05, 4.69) is 87.6 Å². The molecule has 0 N–H and O–H groups in total. The van der Waals surface area contributed by atoms with Crippen molar-refractivity contribution in [3.05, 3.63) is 151 Å². The minimum atomic E-state index is -0.283. The van der Waals surface area contributed by atoms with Gasteiger partial charge in [-0.25, -0.2) is 4.99 Å². The van der Waals surface area contributed by atoms with Crippen molar-refractivity contribution in [3.63, 3.8) is 0 Å². The lowest BCUT2D eigenvalue weighted by molar-refractivity contribution is 0.304. The molecular weight excluding hydrogens is 782 g/mol. The van der Waals surface area contributed by atoms with Crippen LogP contribution in [-0.4, -0.2) is 11.7 Å². The van der Waals surface area contributed by atoms with Crippen LogP contribution in [0.25, 0.3) is 11.8 Å². The number of benzene rings is 4. The molecule has 0 bridgehead atoms. The predicted molar refractivity (Wildman–Crippen MR) is 188 cm³/mol. The van der Waals surface area contributed by atoms with Gasteiger partial charge in [-0.05, 0) is 117 Å². The third kappa shape index (κ3) is 5.49. The molecule has 5 nitrogen and oxygen atoms in total. The van der Waals surface area contributed by atoms with Crippen LogP contribution in [0.4, 0.5) is 0 Å². The lowest BCUT2D eigenvalue weighted by Crippen LogP contribution is -2.39. The van der Waals surface area contributed by atoms with E-state index in [1.54, 1.807) is 7.11 Å². The van der Waals surface area contributed by atoms with Gasteiger partial charge in [-0.2, -0.15) is 0 Å². The van der Waals surface area contributed by atoms with Crippen molar-refractivity contribution in [2.45, 2.75) is 25.5 Å². The third-order valence-corrected chi connectivity index (χ3v) is 10.3. The van der Waals surface area contributed by atoms with Gasteiger partial charge in [-0.3, -0.25) is 9.36 Å². The van der Waals surface area contributed by atoms with E-state index in [1.807, 2.05) is 59.2 Å². The van der Waals surface area contributed by atoms with Crippen molar-refractivity contribution < 1.29 is 9.47 Å². The Kier molecular flexibility index (Phi) is 8.00. The van der Waals surface area contributed by atoms with E-state index in [1.165, 1.54) is 20.5 Å². The largest absolute Gasteiger partial charge is 0.496 e. The highest BCUT2D eigenvalue weighted by Crippen LogP contribution is 2.43. The van der Waals surface area contributed by atoms with Gasteiger partial charge in [-0.15, -0.1) is 0 Å². The zero-order valence-electron chi connectivity index (χ0n) is 23.2. The van der Waals surface area contributed by atoms with Crippen LogP contribution in [0.3, 0.4) is 0 Å². The van der Waals surface area contributed by atoms with Crippen molar-refractivity contribution >= 4 is 68.3 Å². The zero-order valence-corrected chi connectivity index (χ0v) is 28.4. The molecule has 1 aromatic heterocycles. The lowest BCUT2D eigenvalue weighted by atomic mass is 9.83. The topological polar surface area (TPSA) is 52.8 Å². The SMILES string of the molecule is COc1ccccc1[C@H]1C2=C(N=c3s/c(=C/c4cccc(COc5ccc(I)cc5I)c4)c(=O)n31)c1ccccc1CC2. The van der Waals surface area contributed by atoms with E-state index in [0.717, 1.165) is 61.4 Å². The van der Waals surface area contributed by atoms with E-state index in [9.17, 15) is 4.79 Å². The van der Waals surface area contributed by atoms with Crippen LogP contribution in [0.2, 0.25) is 0 Å². The van der Waals surface area contributed by atoms with Gasteiger partial charge in [0.25, 0.3) is 5.56 Å². The molecule has 5 aromatic rings. The van der Waals surface area contributed by atoms with Crippen molar-refractivity contribution in [2.24, 2.45) is 4.99 Å². The molecule has 0 radical (unpaired) electrons. The number of allylic oxidation sites excluding steroid dienone is 1. The molecule has 0 fully saturated rings. The maximum Gasteiger partial charge on any atom is 0.271 e.